The molecule has 0 bridgehead atoms. The summed E-state index contributed by atoms with van der Waals surface area (Å²) >= 11 is 0. The molecule has 10 heteroatoms. The Morgan fingerprint density at radius 3 is 2.27 bits per heavy atom. The van der Waals surface area contributed by atoms with Crippen molar-refractivity contribution in [2.45, 2.75) is 37.4 Å². The fourth-order valence-electron chi connectivity index (χ4n) is 4.32. The van der Waals surface area contributed by atoms with Gasteiger partial charge >= 0.3 is 6.18 Å². The van der Waals surface area contributed by atoms with Gasteiger partial charge in [0.1, 0.15) is 0 Å². The van der Waals surface area contributed by atoms with Crippen molar-refractivity contribution in [3.8, 4) is 0 Å². The highest BCUT2D eigenvalue weighted by Gasteiger charge is 2.31. The topological polar surface area (TPSA) is 78.5 Å². The fraction of sp³-hybridized carbons (Fsp3) is 0.296. The number of rotatable bonds is 7. The lowest BCUT2D eigenvalue weighted by atomic mass is 9.95. The Morgan fingerprint density at radius 1 is 0.946 bits per heavy atom. The summed E-state index contributed by atoms with van der Waals surface area (Å²) in [6, 6.07) is 17.8. The summed E-state index contributed by atoms with van der Waals surface area (Å²) in [6.07, 6.45) is -3.13. The second-order valence-corrected chi connectivity index (χ2v) is 10.9. The van der Waals surface area contributed by atoms with E-state index in [-0.39, 0.29) is 22.4 Å². The molecule has 1 amide bonds. The number of alkyl halides is 3. The molecule has 0 saturated carbocycles. The van der Waals surface area contributed by atoms with Gasteiger partial charge in [0.15, 0.2) is 0 Å². The molecule has 1 heterocycles. The van der Waals surface area contributed by atoms with E-state index in [1.165, 1.54) is 41.5 Å². The molecule has 0 aliphatic carbocycles. The average Bonchev–Trinajstić information content (AvgIpc) is 2.85. The van der Waals surface area contributed by atoms with Gasteiger partial charge in [0.05, 0.1) is 10.5 Å². The molecule has 37 heavy (non-hydrogen) atoms. The maximum absolute atomic E-state index is 12.9. The highest BCUT2D eigenvalue weighted by molar-refractivity contribution is 7.92. The maximum atomic E-state index is 12.9. The molecule has 1 fully saturated rings. The largest absolute Gasteiger partial charge is 0.416 e. The molecule has 0 aromatic heterocycles. The molecule has 0 atom stereocenters. The Morgan fingerprint density at radius 2 is 1.62 bits per heavy atom. The summed E-state index contributed by atoms with van der Waals surface area (Å²) in [5, 5.41) is 2.84. The van der Waals surface area contributed by atoms with Crippen LogP contribution in [0.3, 0.4) is 0 Å². The third-order valence-electron chi connectivity index (χ3n) is 6.49. The van der Waals surface area contributed by atoms with E-state index in [9.17, 15) is 26.4 Å². The van der Waals surface area contributed by atoms with Gasteiger partial charge < -0.3 is 5.32 Å². The molecule has 1 aliphatic heterocycles. The fourth-order valence-corrected chi connectivity index (χ4v) is 5.37. The predicted molar refractivity (Wildman–Crippen MR) is 137 cm³/mol. The van der Waals surface area contributed by atoms with Crippen molar-refractivity contribution in [3.63, 3.8) is 0 Å². The number of piperidine rings is 1. The molecule has 2 N–H and O–H groups in total. The molecular weight excluding hydrogens is 503 g/mol. The van der Waals surface area contributed by atoms with Gasteiger partial charge in [-0.2, -0.15) is 13.2 Å². The van der Waals surface area contributed by atoms with Gasteiger partial charge in [0.25, 0.3) is 10.0 Å². The van der Waals surface area contributed by atoms with Gasteiger partial charge in [-0.3, -0.25) is 14.4 Å². The SMILES string of the molecule is Cc1ccccc1CN1CCC(C(=O)Nc2ccc(S(=O)(=O)Nc3cccc(C(F)(F)F)c3)cc2)CC1. The minimum Gasteiger partial charge on any atom is -0.326 e. The van der Waals surface area contributed by atoms with Crippen molar-refractivity contribution in [3.05, 3.63) is 89.5 Å². The molecular formula is C27H28F3N3O3S. The highest BCUT2D eigenvalue weighted by atomic mass is 32.2. The molecule has 196 valence electrons. The monoisotopic (exact) mass is 531 g/mol. The lowest BCUT2D eigenvalue weighted by Crippen LogP contribution is -2.37. The number of hydrogen-bond donors (Lipinski definition) is 2. The average molecular weight is 532 g/mol. The highest BCUT2D eigenvalue weighted by Crippen LogP contribution is 2.31. The number of benzene rings is 3. The second kappa shape index (κ2) is 10.9. The van der Waals surface area contributed by atoms with E-state index in [0.29, 0.717) is 5.69 Å². The summed E-state index contributed by atoms with van der Waals surface area (Å²) in [7, 11) is -4.11. The van der Waals surface area contributed by atoms with Crippen LogP contribution >= 0.6 is 0 Å². The van der Waals surface area contributed by atoms with Gasteiger partial charge in [-0.05, 0) is 86.4 Å². The predicted octanol–water partition coefficient (Wildman–Crippen LogP) is 5.67. The molecule has 4 rings (SSSR count). The van der Waals surface area contributed by atoms with Crippen LogP contribution in [0.5, 0.6) is 0 Å². The van der Waals surface area contributed by atoms with E-state index >= 15 is 0 Å². The van der Waals surface area contributed by atoms with Crippen LogP contribution in [0.1, 0.15) is 29.5 Å². The smallest absolute Gasteiger partial charge is 0.326 e. The van der Waals surface area contributed by atoms with Crippen LogP contribution in [-0.4, -0.2) is 32.3 Å². The van der Waals surface area contributed by atoms with Crippen molar-refractivity contribution in [1.82, 2.24) is 4.90 Å². The summed E-state index contributed by atoms with van der Waals surface area (Å²) < 4.78 is 66.2. The van der Waals surface area contributed by atoms with Crippen LogP contribution in [0.4, 0.5) is 24.5 Å². The normalized spacial score (nSPS) is 15.4. The van der Waals surface area contributed by atoms with Crippen LogP contribution in [0, 0.1) is 12.8 Å². The summed E-state index contributed by atoms with van der Waals surface area (Å²) in [4.78, 5) is 15.0. The number of sulfonamides is 1. The maximum Gasteiger partial charge on any atom is 0.416 e. The van der Waals surface area contributed by atoms with Crippen molar-refractivity contribution < 1.29 is 26.4 Å². The van der Waals surface area contributed by atoms with E-state index in [2.05, 4.69) is 34.0 Å². The Kier molecular flexibility index (Phi) is 7.89. The first-order valence-corrected chi connectivity index (χ1v) is 13.4. The number of amides is 1. The van der Waals surface area contributed by atoms with Gasteiger partial charge in [-0.15, -0.1) is 0 Å². The number of likely N-dealkylation sites (tertiary alicyclic amines) is 1. The number of halogens is 3. The lowest BCUT2D eigenvalue weighted by molar-refractivity contribution is -0.137. The molecule has 1 aliphatic rings. The van der Waals surface area contributed by atoms with Crippen molar-refractivity contribution in [1.29, 1.82) is 0 Å². The molecule has 3 aromatic carbocycles. The Balaban J connectivity index is 1.32. The quantitative estimate of drug-likeness (QED) is 0.412. The van der Waals surface area contributed by atoms with Crippen LogP contribution in [-0.2, 0) is 27.5 Å². The van der Waals surface area contributed by atoms with Crippen LogP contribution in [0.25, 0.3) is 0 Å². The molecule has 0 spiro atoms. The third kappa shape index (κ3) is 6.90. The minimum atomic E-state index is -4.58. The number of nitrogens with one attached hydrogen (secondary N) is 2. The van der Waals surface area contributed by atoms with Crippen LogP contribution < -0.4 is 10.0 Å². The molecule has 3 aromatic rings. The summed E-state index contributed by atoms with van der Waals surface area (Å²) in [5.74, 6) is -0.257. The Bertz CT molecular complexity index is 1350. The summed E-state index contributed by atoms with van der Waals surface area (Å²) in [6.45, 7) is 4.56. The third-order valence-corrected chi connectivity index (χ3v) is 7.89. The zero-order valence-corrected chi connectivity index (χ0v) is 21.1. The number of carbonyl (C=O) groups excluding carboxylic acids is 1. The molecule has 1 saturated heterocycles. The lowest BCUT2D eigenvalue weighted by Gasteiger charge is -2.31. The van der Waals surface area contributed by atoms with E-state index in [0.717, 1.165) is 50.7 Å². The van der Waals surface area contributed by atoms with Crippen molar-refractivity contribution >= 4 is 27.3 Å². The molecule has 0 radical (unpaired) electrons. The number of anilines is 2. The van der Waals surface area contributed by atoms with E-state index in [4.69, 9.17) is 0 Å². The van der Waals surface area contributed by atoms with Gasteiger partial charge in [-0.25, -0.2) is 8.42 Å². The molecule has 6 nitrogen and oxygen atoms in total. The summed E-state index contributed by atoms with van der Waals surface area (Å²) in [5.41, 5.74) is 1.83. The van der Waals surface area contributed by atoms with Crippen molar-refractivity contribution in [2.75, 3.05) is 23.1 Å². The van der Waals surface area contributed by atoms with Gasteiger partial charge in [0.2, 0.25) is 5.91 Å². The number of nitrogens with zero attached hydrogens (tertiary/aromatic N) is 1. The second-order valence-electron chi connectivity index (χ2n) is 9.17. The van der Waals surface area contributed by atoms with Crippen LogP contribution in [0.2, 0.25) is 0 Å². The molecule has 0 unspecified atom stereocenters. The van der Waals surface area contributed by atoms with E-state index < -0.39 is 21.8 Å². The van der Waals surface area contributed by atoms with Gasteiger partial charge in [-0.1, -0.05) is 30.3 Å². The first kappa shape index (κ1) is 26.7. The van der Waals surface area contributed by atoms with Gasteiger partial charge in [0, 0.05) is 23.8 Å². The number of hydrogen-bond acceptors (Lipinski definition) is 4. The first-order valence-electron chi connectivity index (χ1n) is 11.9. The van der Waals surface area contributed by atoms with E-state index in [1.54, 1.807) is 0 Å². The Labute approximate surface area is 214 Å². The van der Waals surface area contributed by atoms with Crippen molar-refractivity contribution in [2.24, 2.45) is 5.92 Å². The van der Waals surface area contributed by atoms with Crippen LogP contribution in [0.15, 0.2) is 77.7 Å². The number of carbonyl (C=O) groups is 1. The Hall–Kier alpha value is -3.37. The van der Waals surface area contributed by atoms with E-state index in [1.807, 2.05) is 12.1 Å². The number of aryl methyl sites for hydroxylation is 1. The zero-order valence-electron chi connectivity index (χ0n) is 20.3. The first-order chi connectivity index (χ1) is 17.5. The standard InChI is InChI=1S/C27H28F3N3O3S/c1-19-5-2-3-6-21(19)18-33-15-13-20(14-16-33)26(34)31-23-9-11-25(12-10-23)37(35,36)32-24-8-4-7-22(17-24)27(28,29)30/h2-12,17,20,32H,13-16,18H2,1H3,(H,31,34). The zero-order chi connectivity index (χ0) is 26.6. The minimum absolute atomic E-state index is 0.117.